The van der Waals surface area contributed by atoms with Gasteiger partial charge >= 0.3 is 0 Å². The van der Waals surface area contributed by atoms with Gasteiger partial charge in [-0.1, -0.05) is 27.2 Å². The summed E-state index contributed by atoms with van der Waals surface area (Å²) in [5.74, 6) is 1.88. The predicted octanol–water partition coefficient (Wildman–Crippen LogP) is 3.84. The number of nitrogens with zero attached hydrogens (tertiary/aromatic N) is 1. The van der Waals surface area contributed by atoms with Crippen LogP contribution in [0.4, 0.5) is 0 Å². The third-order valence-electron chi connectivity index (χ3n) is 4.90. The van der Waals surface area contributed by atoms with Gasteiger partial charge in [0, 0.05) is 11.2 Å². The topological polar surface area (TPSA) is 40.7 Å². The maximum atomic E-state index is 4.78. The molecule has 1 aliphatic rings. The number of rotatable bonds is 4. The van der Waals surface area contributed by atoms with Gasteiger partial charge in [-0.05, 0) is 51.4 Å². The molecule has 3 heteroatoms. The van der Waals surface area contributed by atoms with Crippen molar-refractivity contribution in [3.63, 3.8) is 0 Å². The van der Waals surface area contributed by atoms with Gasteiger partial charge in [-0.2, -0.15) is 0 Å². The summed E-state index contributed by atoms with van der Waals surface area (Å²) in [6.07, 6.45) is 4.83. The molecule has 0 spiro atoms. The lowest BCUT2D eigenvalue weighted by atomic mass is 9.70. The second-order valence-corrected chi connectivity index (χ2v) is 7.99. The van der Waals surface area contributed by atoms with E-state index in [0.717, 1.165) is 24.7 Å². The van der Waals surface area contributed by atoms with Crippen LogP contribution in [0.5, 0.6) is 0 Å². The smallest absolute Gasteiger partial charge is 0.120 e. The van der Waals surface area contributed by atoms with E-state index in [4.69, 9.17) is 4.98 Å². The van der Waals surface area contributed by atoms with Crippen LogP contribution in [0, 0.1) is 11.3 Å². The van der Waals surface area contributed by atoms with Gasteiger partial charge in [0.1, 0.15) is 5.82 Å². The molecule has 0 saturated carbocycles. The summed E-state index contributed by atoms with van der Waals surface area (Å²) in [4.78, 5) is 8.34. The Kier molecular flexibility index (Phi) is 4.29. The van der Waals surface area contributed by atoms with Crippen LogP contribution in [-0.4, -0.2) is 15.5 Å². The van der Waals surface area contributed by atoms with Crippen LogP contribution in [0.1, 0.15) is 71.6 Å². The van der Waals surface area contributed by atoms with Gasteiger partial charge in [0.25, 0.3) is 0 Å². The zero-order valence-electron chi connectivity index (χ0n) is 14.1. The lowest BCUT2D eigenvalue weighted by Crippen LogP contribution is -2.35. The number of imidazole rings is 1. The van der Waals surface area contributed by atoms with E-state index >= 15 is 0 Å². The van der Waals surface area contributed by atoms with Crippen LogP contribution in [0.25, 0.3) is 0 Å². The molecule has 0 saturated heterocycles. The molecule has 0 aromatic carbocycles. The normalized spacial score (nSPS) is 20.0. The first-order valence-electron chi connectivity index (χ1n) is 8.03. The summed E-state index contributed by atoms with van der Waals surface area (Å²) >= 11 is 0. The SMILES string of the molecule is CCC(C)(C)C1CCc2nc(CNC(C)(C)C)[nH]c2C1. The van der Waals surface area contributed by atoms with Gasteiger partial charge in [-0.15, -0.1) is 0 Å². The fourth-order valence-corrected chi connectivity index (χ4v) is 2.93. The summed E-state index contributed by atoms with van der Waals surface area (Å²) in [6, 6.07) is 0. The van der Waals surface area contributed by atoms with Crippen LogP contribution in [0.15, 0.2) is 0 Å². The fraction of sp³-hybridized carbons (Fsp3) is 0.824. The van der Waals surface area contributed by atoms with Gasteiger partial charge in [0.05, 0.1) is 12.2 Å². The van der Waals surface area contributed by atoms with Crippen molar-refractivity contribution in [1.29, 1.82) is 0 Å². The number of hydrogen-bond donors (Lipinski definition) is 2. The Balaban J connectivity index is 2.05. The van der Waals surface area contributed by atoms with Crippen molar-refractivity contribution in [2.45, 2.75) is 79.3 Å². The molecule has 1 heterocycles. The lowest BCUT2D eigenvalue weighted by molar-refractivity contribution is 0.181. The van der Waals surface area contributed by atoms with Gasteiger partial charge in [-0.3, -0.25) is 0 Å². The summed E-state index contributed by atoms with van der Waals surface area (Å²) in [5, 5.41) is 3.51. The van der Waals surface area contributed by atoms with Gasteiger partial charge < -0.3 is 10.3 Å². The van der Waals surface area contributed by atoms with E-state index < -0.39 is 0 Å². The van der Waals surface area contributed by atoms with Crippen molar-refractivity contribution >= 4 is 0 Å². The standard InChI is InChI=1S/C17H31N3/c1-7-17(5,6)12-8-9-13-14(10-12)20-15(19-13)11-18-16(2,3)4/h12,18H,7-11H2,1-6H3,(H,19,20). The molecule has 1 aliphatic carbocycles. The molecule has 1 unspecified atom stereocenters. The highest BCUT2D eigenvalue weighted by atomic mass is 15.0. The van der Waals surface area contributed by atoms with Crippen molar-refractivity contribution in [1.82, 2.24) is 15.3 Å². The minimum absolute atomic E-state index is 0.139. The number of aromatic nitrogens is 2. The molecule has 2 rings (SSSR count). The third kappa shape index (κ3) is 3.63. The van der Waals surface area contributed by atoms with E-state index in [1.165, 1.54) is 30.7 Å². The Morgan fingerprint density at radius 1 is 1.25 bits per heavy atom. The van der Waals surface area contributed by atoms with E-state index in [9.17, 15) is 0 Å². The highest BCUT2D eigenvalue weighted by Crippen LogP contribution is 2.39. The Labute approximate surface area is 124 Å². The maximum absolute atomic E-state index is 4.78. The number of aromatic amines is 1. The third-order valence-corrected chi connectivity index (χ3v) is 4.90. The van der Waals surface area contributed by atoms with Crippen LogP contribution >= 0.6 is 0 Å². The molecule has 0 aliphatic heterocycles. The van der Waals surface area contributed by atoms with E-state index in [2.05, 4.69) is 51.8 Å². The van der Waals surface area contributed by atoms with Crippen molar-refractivity contribution < 1.29 is 0 Å². The van der Waals surface area contributed by atoms with E-state index in [1.807, 2.05) is 0 Å². The van der Waals surface area contributed by atoms with Crippen molar-refractivity contribution in [3.8, 4) is 0 Å². The number of nitrogens with one attached hydrogen (secondary N) is 2. The molecule has 1 aromatic heterocycles. The molecule has 2 N–H and O–H groups in total. The molecule has 3 nitrogen and oxygen atoms in total. The van der Waals surface area contributed by atoms with Crippen molar-refractivity contribution in [2.75, 3.05) is 0 Å². The average Bonchev–Trinajstić information content (AvgIpc) is 2.77. The molecular formula is C17H31N3. The zero-order chi connectivity index (χ0) is 15.0. The van der Waals surface area contributed by atoms with E-state index in [0.29, 0.717) is 5.41 Å². The van der Waals surface area contributed by atoms with Crippen LogP contribution in [-0.2, 0) is 19.4 Å². The van der Waals surface area contributed by atoms with Crippen LogP contribution in [0.3, 0.4) is 0 Å². The molecule has 114 valence electrons. The number of H-pyrrole nitrogens is 1. The Morgan fingerprint density at radius 2 is 1.95 bits per heavy atom. The molecule has 1 aromatic rings. The molecule has 0 amide bonds. The largest absolute Gasteiger partial charge is 0.345 e. The summed E-state index contributed by atoms with van der Waals surface area (Å²) in [7, 11) is 0. The van der Waals surface area contributed by atoms with Crippen LogP contribution in [0.2, 0.25) is 0 Å². The van der Waals surface area contributed by atoms with Crippen molar-refractivity contribution in [3.05, 3.63) is 17.2 Å². The van der Waals surface area contributed by atoms with E-state index in [-0.39, 0.29) is 5.54 Å². The summed E-state index contributed by atoms with van der Waals surface area (Å²) in [5.41, 5.74) is 3.26. The molecule has 20 heavy (non-hydrogen) atoms. The number of hydrogen-bond acceptors (Lipinski definition) is 2. The minimum atomic E-state index is 0.139. The Morgan fingerprint density at radius 3 is 2.55 bits per heavy atom. The average molecular weight is 277 g/mol. The zero-order valence-corrected chi connectivity index (χ0v) is 14.1. The van der Waals surface area contributed by atoms with Gasteiger partial charge in [0.2, 0.25) is 0 Å². The highest BCUT2D eigenvalue weighted by molar-refractivity contribution is 5.19. The molecule has 0 radical (unpaired) electrons. The monoisotopic (exact) mass is 277 g/mol. The fourth-order valence-electron chi connectivity index (χ4n) is 2.93. The molecule has 0 fully saturated rings. The Hall–Kier alpha value is -0.830. The predicted molar refractivity (Wildman–Crippen MR) is 84.8 cm³/mol. The lowest BCUT2D eigenvalue weighted by Gasteiger charge is -2.35. The summed E-state index contributed by atoms with van der Waals surface area (Å²) < 4.78 is 0. The molecular weight excluding hydrogens is 246 g/mol. The minimum Gasteiger partial charge on any atom is -0.345 e. The van der Waals surface area contributed by atoms with Crippen molar-refractivity contribution in [2.24, 2.45) is 11.3 Å². The second-order valence-electron chi connectivity index (χ2n) is 7.99. The second kappa shape index (κ2) is 5.51. The first-order chi connectivity index (χ1) is 9.21. The quantitative estimate of drug-likeness (QED) is 0.878. The number of aryl methyl sites for hydroxylation is 1. The van der Waals surface area contributed by atoms with Crippen LogP contribution < -0.4 is 5.32 Å². The van der Waals surface area contributed by atoms with Gasteiger partial charge in [-0.25, -0.2) is 4.98 Å². The molecule has 0 bridgehead atoms. The summed E-state index contributed by atoms with van der Waals surface area (Å²) in [6.45, 7) is 14.5. The first-order valence-corrected chi connectivity index (χ1v) is 8.03. The highest BCUT2D eigenvalue weighted by Gasteiger charge is 2.32. The molecule has 1 atom stereocenters. The van der Waals surface area contributed by atoms with E-state index in [1.54, 1.807) is 0 Å². The van der Waals surface area contributed by atoms with Gasteiger partial charge in [0.15, 0.2) is 0 Å². The Bertz CT molecular complexity index is 451. The number of fused-ring (bicyclic) bond motifs is 1. The maximum Gasteiger partial charge on any atom is 0.120 e. The first kappa shape index (κ1) is 15.6.